The first-order valence-corrected chi connectivity index (χ1v) is 9.09. The van der Waals surface area contributed by atoms with Crippen molar-refractivity contribution in [3.05, 3.63) is 28.3 Å². The molecule has 118 valence electrons. The second kappa shape index (κ2) is 7.48. The van der Waals surface area contributed by atoms with Gasteiger partial charge in [-0.25, -0.2) is 13.1 Å². The van der Waals surface area contributed by atoms with Gasteiger partial charge in [-0.2, -0.15) is 0 Å². The van der Waals surface area contributed by atoms with Crippen LogP contribution in [0.5, 0.6) is 0 Å². The minimum Gasteiger partial charge on any atom is -0.383 e. The van der Waals surface area contributed by atoms with Crippen LogP contribution in [-0.2, 0) is 20.8 Å². The number of hydrogen-bond acceptors (Lipinski definition) is 6. The van der Waals surface area contributed by atoms with Crippen molar-refractivity contribution < 1.29 is 17.6 Å². The van der Waals surface area contributed by atoms with E-state index in [-0.39, 0.29) is 28.6 Å². The highest BCUT2D eigenvalue weighted by atomic mass is 32.2. The molecule has 10 heteroatoms. The first kappa shape index (κ1) is 17.5. The van der Waals surface area contributed by atoms with Gasteiger partial charge in [-0.1, -0.05) is 6.92 Å². The maximum atomic E-state index is 12.0. The van der Waals surface area contributed by atoms with Crippen molar-refractivity contribution in [2.75, 3.05) is 30.4 Å². The Balaban J connectivity index is 2.96. The zero-order valence-electron chi connectivity index (χ0n) is 11.7. The number of rotatable bonds is 8. The second-order valence-electron chi connectivity index (χ2n) is 4.02. The van der Waals surface area contributed by atoms with Crippen LogP contribution < -0.4 is 10.0 Å². The van der Waals surface area contributed by atoms with Crippen molar-refractivity contribution >= 4 is 32.2 Å². The Labute approximate surface area is 125 Å². The predicted molar refractivity (Wildman–Crippen MR) is 81.4 cm³/mol. The largest absolute Gasteiger partial charge is 0.383 e. The van der Waals surface area contributed by atoms with Crippen molar-refractivity contribution in [1.29, 1.82) is 0 Å². The van der Waals surface area contributed by atoms with Crippen LogP contribution in [0.1, 0.15) is 6.92 Å². The first-order chi connectivity index (χ1) is 9.81. The molecule has 0 spiro atoms. The van der Waals surface area contributed by atoms with Crippen molar-refractivity contribution in [2.24, 2.45) is 0 Å². The molecule has 0 saturated carbocycles. The molecule has 21 heavy (non-hydrogen) atoms. The van der Waals surface area contributed by atoms with Gasteiger partial charge < -0.3 is 5.32 Å². The highest BCUT2D eigenvalue weighted by molar-refractivity contribution is 7.89. The van der Waals surface area contributed by atoms with E-state index in [4.69, 9.17) is 0 Å². The fourth-order valence-corrected chi connectivity index (χ4v) is 3.36. The third-order valence-electron chi connectivity index (χ3n) is 2.69. The van der Waals surface area contributed by atoms with Gasteiger partial charge in [-0.15, -0.1) is 0 Å². The quantitative estimate of drug-likeness (QED) is 0.533. The number of sulfonamides is 1. The van der Waals surface area contributed by atoms with Crippen molar-refractivity contribution in [3.63, 3.8) is 0 Å². The fourth-order valence-electron chi connectivity index (χ4n) is 1.56. The number of nitro groups is 1. The second-order valence-corrected chi connectivity index (χ2v) is 7.65. The number of anilines is 1. The molecule has 0 bridgehead atoms. The van der Waals surface area contributed by atoms with Crippen molar-refractivity contribution in [1.82, 2.24) is 4.72 Å². The van der Waals surface area contributed by atoms with Crippen LogP contribution in [0.15, 0.2) is 23.1 Å². The highest BCUT2D eigenvalue weighted by Gasteiger charge is 2.20. The summed E-state index contributed by atoms with van der Waals surface area (Å²) in [6.45, 7) is 1.76. The van der Waals surface area contributed by atoms with Crippen LogP contribution in [0.3, 0.4) is 0 Å². The molecule has 1 aromatic rings. The number of nitrogens with one attached hydrogen (secondary N) is 2. The van der Waals surface area contributed by atoms with Gasteiger partial charge in [-0.05, 0) is 12.1 Å². The van der Waals surface area contributed by atoms with Crippen LogP contribution in [0.25, 0.3) is 0 Å². The minimum absolute atomic E-state index is 0.0182. The normalized spacial score (nSPS) is 12.9. The SMILES string of the molecule is CCS(=O)CCNS(=O)(=O)c1ccc(NC)c([N+](=O)[O-])c1. The number of hydrogen-bond donors (Lipinski definition) is 2. The Morgan fingerprint density at radius 2 is 2.05 bits per heavy atom. The van der Waals surface area contributed by atoms with E-state index in [1.165, 1.54) is 19.2 Å². The van der Waals surface area contributed by atoms with Crippen LogP contribution in [0.2, 0.25) is 0 Å². The van der Waals surface area contributed by atoms with Gasteiger partial charge in [-0.3, -0.25) is 14.3 Å². The average molecular weight is 335 g/mol. The number of benzene rings is 1. The molecule has 0 aliphatic carbocycles. The summed E-state index contributed by atoms with van der Waals surface area (Å²) < 4.78 is 37.6. The van der Waals surface area contributed by atoms with Crippen LogP contribution in [-0.4, -0.2) is 42.6 Å². The zero-order chi connectivity index (χ0) is 16.0. The summed E-state index contributed by atoms with van der Waals surface area (Å²) in [7, 11) is -3.43. The molecule has 0 saturated heterocycles. The topological polar surface area (TPSA) is 118 Å². The lowest BCUT2D eigenvalue weighted by molar-refractivity contribution is -0.384. The lowest BCUT2D eigenvalue weighted by Crippen LogP contribution is -2.28. The van der Waals surface area contributed by atoms with Crippen LogP contribution >= 0.6 is 0 Å². The highest BCUT2D eigenvalue weighted by Crippen LogP contribution is 2.26. The van der Waals surface area contributed by atoms with Gasteiger partial charge in [0.2, 0.25) is 10.0 Å². The Morgan fingerprint density at radius 1 is 1.38 bits per heavy atom. The molecule has 1 unspecified atom stereocenters. The van der Waals surface area contributed by atoms with Gasteiger partial charge in [0, 0.05) is 42.0 Å². The molecule has 0 aliphatic rings. The number of nitro benzene ring substituents is 1. The monoisotopic (exact) mass is 335 g/mol. The Morgan fingerprint density at radius 3 is 2.57 bits per heavy atom. The van der Waals surface area contributed by atoms with Crippen LogP contribution in [0, 0.1) is 10.1 Å². The molecule has 2 N–H and O–H groups in total. The van der Waals surface area contributed by atoms with E-state index in [0.717, 1.165) is 6.07 Å². The molecule has 1 rings (SSSR count). The summed E-state index contributed by atoms with van der Waals surface area (Å²) in [5, 5.41) is 13.5. The fraction of sp³-hybridized carbons (Fsp3) is 0.455. The first-order valence-electron chi connectivity index (χ1n) is 6.12. The molecular formula is C11H17N3O5S2. The molecule has 0 heterocycles. The average Bonchev–Trinajstić information content (AvgIpc) is 2.45. The van der Waals surface area contributed by atoms with Gasteiger partial charge in [0.25, 0.3) is 5.69 Å². The molecule has 0 aliphatic heterocycles. The summed E-state index contributed by atoms with van der Waals surface area (Å²) in [5.74, 6) is 0.649. The lowest BCUT2D eigenvalue weighted by atomic mass is 10.3. The zero-order valence-corrected chi connectivity index (χ0v) is 13.3. The van der Waals surface area contributed by atoms with Gasteiger partial charge in [0.1, 0.15) is 5.69 Å². The van der Waals surface area contributed by atoms with Gasteiger partial charge >= 0.3 is 0 Å². The summed E-state index contributed by atoms with van der Waals surface area (Å²) >= 11 is 0. The molecule has 1 atom stereocenters. The third-order valence-corrected chi connectivity index (χ3v) is 5.45. The molecule has 0 radical (unpaired) electrons. The summed E-state index contributed by atoms with van der Waals surface area (Å²) in [6.07, 6.45) is 0. The molecule has 8 nitrogen and oxygen atoms in total. The molecule has 0 aromatic heterocycles. The van der Waals surface area contributed by atoms with E-state index < -0.39 is 25.7 Å². The molecule has 1 aromatic carbocycles. The molecule has 0 fully saturated rings. The van der Waals surface area contributed by atoms with Crippen LogP contribution in [0.4, 0.5) is 11.4 Å². The molecule has 0 amide bonds. The van der Waals surface area contributed by atoms with Gasteiger partial charge in [0.05, 0.1) is 9.82 Å². The summed E-state index contributed by atoms with van der Waals surface area (Å²) in [5.41, 5.74) is -0.0939. The van der Waals surface area contributed by atoms with Gasteiger partial charge in [0.15, 0.2) is 0 Å². The Hall–Kier alpha value is -1.52. The van der Waals surface area contributed by atoms with E-state index in [0.29, 0.717) is 5.75 Å². The smallest absolute Gasteiger partial charge is 0.293 e. The molecular weight excluding hydrogens is 318 g/mol. The van der Waals surface area contributed by atoms with Crippen molar-refractivity contribution in [3.8, 4) is 0 Å². The summed E-state index contributed by atoms with van der Waals surface area (Å²) in [4.78, 5) is 10.1. The van der Waals surface area contributed by atoms with E-state index in [1.807, 2.05) is 0 Å². The Bertz CT molecular complexity index is 645. The number of nitrogens with zero attached hydrogens (tertiary/aromatic N) is 1. The Kier molecular flexibility index (Phi) is 6.24. The van der Waals surface area contributed by atoms with E-state index in [9.17, 15) is 22.7 Å². The standard InChI is InChI=1S/C11H17N3O5S2/c1-3-20(17)7-6-13-21(18,19)9-4-5-10(12-2)11(8-9)14(15)16/h4-5,8,12-13H,3,6-7H2,1-2H3. The predicted octanol–water partition coefficient (Wildman–Crippen LogP) is 0.683. The lowest BCUT2D eigenvalue weighted by Gasteiger charge is -2.08. The maximum Gasteiger partial charge on any atom is 0.293 e. The third kappa shape index (κ3) is 4.76. The van der Waals surface area contributed by atoms with E-state index in [2.05, 4.69) is 10.0 Å². The minimum atomic E-state index is -3.86. The van der Waals surface area contributed by atoms with Crippen molar-refractivity contribution in [2.45, 2.75) is 11.8 Å². The van der Waals surface area contributed by atoms with E-state index in [1.54, 1.807) is 6.92 Å². The maximum absolute atomic E-state index is 12.0. The van der Waals surface area contributed by atoms with E-state index >= 15 is 0 Å². The summed E-state index contributed by atoms with van der Waals surface area (Å²) in [6, 6.07) is 3.60.